The lowest BCUT2D eigenvalue weighted by molar-refractivity contribution is 0.110. The standard InChI is InChI=1S/C8H9N4O/c1-6(13)12-4-7(2-11-12)8-3-9-5-10-8/h2-6,13H,1H3. The molecule has 1 atom stereocenters. The van der Waals surface area contributed by atoms with Crippen LogP contribution >= 0.6 is 0 Å². The number of hydrogen-bond donors (Lipinski definition) is 1. The van der Waals surface area contributed by atoms with Crippen molar-refractivity contribution in [1.82, 2.24) is 15.1 Å². The van der Waals surface area contributed by atoms with Crippen LogP contribution in [-0.4, -0.2) is 21.2 Å². The van der Waals surface area contributed by atoms with Gasteiger partial charge in [-0.05, 0) is 6.92 Å². The number of nitrogens with zero attached hydrogens (tertiary/aromatic N) is 4. The van der Waals surface area contributed by atoms with Gasteiger partial charge in [0.15, 0.2) is 0 Å². The van der Waals surface area contributed by atoms with E-state index in [1.165, 1.54) is 11.0 Å². The molecule has 2 rings (SSSR count). The fourth-order valence-electron chi connectivity index (χ4n) is 1.06. The van der Waals surface area contributed by atoms with E-state index in [0.717, 1.165) is 11.3 Å². The lowest BCUT2D eigenvalue weighted by Gasteiger charge is -2.01. The van der Waals surface area contributed by atoms with Gasteiger partial charge in [0, 0.05) is 11.8 Å². The second-order valence-corrected chi connectivity index (χ2v) is 2.75. The van der Waals surface area contributed by atoms with Crippen molar-refractivity contribution in [3.05, 3.63) is 24.2 Å². The van der Waals surface area contributed by atoms with E-state index in [9.17, 15) is 5.11 Å². The zero-order valence-electron chi connectivity index (χ0n) is 7.12. The van der Waals surface area contributed by atoms with Crippen LogP contribution in [-0.2, 0) is 0 Å². The Balaban J connectivity index is 2.27. The number of aliphatic imine (C=N–C) groups is 1. The number of aromatic nitrogens is 2. The first kappa shape index (κ1) is 8.00. The highest BCUT2D eigenvalue weighted by Crippen LogP contribution is 2.17. The normalized spacial score (nSPS) is 16.9. The summed E-state index contributed by atoms with van der Waals surface area (Å²) in [5.74, 6) is 0. The van der Waals surface area contributed by atoms with Crippen molar-refractivity contribution in [2.75, 3.05) is 0 Å². The Morgan fingerprint density at radius 1 is 1.54 bits per heavy atom. The molecule has 0 fully saturated rings. The van der Waals surface area contributed by atoms with E-state index in [4.69, 9.17) is 0 Å². The average Bonchev–Trinajstić information content (AvgIpc) is 2.75. The molecule has 0 aliphatic carbocycles. The molecule has 5 nitrogen and oxygen atoms in total. The van der Waals surface area contributed by atoms with Crippen molar-refractivity contribution in [2.24, 2.45) is 4.99 Å². The Morgan fingerprint density at radius 2 is 2.38 bits per heavy atom. The molecular formula is C8H9N4O. The van der Waals surface area contributed by atoms with Crippen molar-refractivity contribution in [1.29, 1.82) is 0 Å². The minimum absolute atomic E-state index is 0.614. The minimum atomic E-state index is -0.614. The van der Waals surface area contributed by atoms with Gasteiger partial charge >= 0.3 is 0 Å². The smallest absolute Gasteiger partial charge is 0.144 e. The summed E-state index contributed by atoms with van der Waals surface area (Å²) in [6.07, 6.45) is 5.90. The fourth-order valence-corrected chi connectivity index (χ4v) is 1.06. The van der Waals surface area contributed by atoms with Gasteiger partial charge in [0.05, 0.1) is 18.1 Å². The average molecular weight is 177 g/mol. The van der Waals surface area contributed by atoms with E-state index in [0.29, 0.717) is 0 Å². The van der Waals surface area contributed by atoms with Crippen molar-refractivity contribution >= 4 is 12.0 Å². The van der Waals surface area contributed by atoms with E-state index >= 15 is 0 Å². The molecule has 1 aliphatic heterocycles. The van der Waals surface area contributed by atoms with E-state index in [-0.39, 0.29) is 0 Å². The Bertz CT molecular complexity index is 364. The largest absolute Gasteiger partial charge is 0.372 e. The molecule has 1 N–H and O–H groups in total. The van der Waals surface area contributed by atoms with Crippen molar-refractivity contribution in [3.63, 3.8) is 0 Å². The van der Waals surface area contributed by atoms with Crippen LogP contribution < -0.4 is 5.32 Å². The van der Waals surface area contributed by atoms with Crippen LogP contribution in [0, 0.1) is 0 Å². The summed E-state index contributed by atoms with van der Waals surface area (Å²) < 4.78 is 1.46. The molecule has 0 saturated carbocycles. The third-order valence-electron chi connectivity index (χ3n) is 1.74. The predicted molar refractivity (Wildman–Crippen MR) is 47.8 cm³/mol. The topological polar surface area (TPSA) is 64.5 Å². The molecule has 0 bridgehead atoms. The third kappa shape index (κ3) is 1.46. The third-order valence-corrected chi connectivity index (χ3v) is 1.74. The number of aliphatic hydroxyl groups is 1. The predicted octanol–water partition coefficient (Wildman–Crippen LogP) is 0.339. The Kier molecular flexibility index (Phi) is 1.86. The molecule has 13 heavy (non-hydrogen) atoms. The highest BCUT2D eigenvalue weighted by Gasteiger charge is 2.08. The highest BCUT2D eigenvalue weighted by molar-refractivity contribution is 5.78. The summed E-state index contributed by atoms with van der Waals surface area (Å²) in [7, 11) is 0. The van der Waals surface area contributed by atoms with E-state index in [1.54, 1.807) is 25.5 Å². The molecule has 0 aromatic carbocycles. The maximum atomic E-state index is 9.20. The highest BCUT2D eigenvalue weighted by atomic mass is 16.3. The molecule has 5 heteroatoms. The molecule has 1 aliphatic rings. The van der Waals surface area contributed by atoms with Crippen molar-refractivity contribution in [2.45, 2.75) is 13.2 Å². The summed E-state index contributed by atoms with van der Waals surface area (Å²) in [6.45, 7) is 1.65. The summed E-state index contributed by atoms with van der Waals surface area (Å²) in [5, 5.41) is 17.0. The van der Waals surface area contributed by atoms with Gasteiger partial charge in [-0.3, -0.25) is 0 Å². The second-order valence-electron chi connectivity index (χ2n) is 2.75. The Morgan fingerprint density at radius 3 is 2.92 bits per heavy atom. The summed E-state index contributed by atoms with van der Waals surface area (Å²) in [5.41, 5.74) is 1.63. The van der Waals surface area contributed by atoms with Gasteiger partial charge in [-0.25, -0.2) is 15.0 Å². The SMILES string of the molecule is CC(O)n1cc(C2=C[N]C=N2)cn1. The maximum Gasteiger partial charge on any atom is 0.144 e. The molecule has 1 aromatic heterocycles. The van der Waals surface area contributed by atoms with E-state index in [2.05, 4.69) is 15.4 Å². The van der Waals surface area contributed by atoms with Gasteiger partial charge < -0.3 is 5.11 Å². The van der Waals surface area contributed by atoms with Crippen LogP contribution in [0.15, 0.2) is 23.6 Å². The quantitative estimate of drug-likeness (QED) is 0.707. The molecular weight excluding hydrogens is 168 g/mol. The maximum absolute atomic E-state index is 9.20. The van der Waals surface area contributed by atoms with Gasteiger partial charge in [0.1, 0.15) is 12.6 Å². The number of hydrogen-bond acceptors (Lipinski definition) is 3. The van der Waals surface area contributed by atoms with E-state index < -0.39 is 6.23 Å². The summed E-state index contributed by atoms with van der Waals surface area (Å²) in [6, 6.07) is 0. The lowest BCUT2D eigenvalue weighted by Crippen LogP contribution is -2.03. The molecule has 67 valence electrons. The van der Waals surface area contributed by atoms with Crippen molar-refractivity contribution in [3.8, 4) is 0 Å². The molecule has 1 unspecified atom stereocenters. The number of rotatable bonds is 2. The molecule has 2 heterocycles. The van der Waals surface area contributed by atoms with Crippen LogP contribution in [0.25, 0.3) is 5.70 Å². The zero-order chi connectivity index (χ0) is 9.26. The molecule has 0 amide bonds. The van der Waals surface area contributed by atoms with Gasteiger partial charge in [-0.2, -0.15) is 5.10 Å². The van der Waals surface area contributed by atoms with Crippen LogP contribution in [0.4, 0.5) is 0 Å². The van der Waals surface area contributed by atoms with Gasteiger partial charge in [0.2, 0.25) is 0 Å². The molecule has 0 spiro atoms. The van der Waals surface area contributed by atoms with Gasteiger partial charge in [-0.1, -0.05) is 0 Å². The van der Waals surface area contributed by atoms with Crippen LogP contribution in [0.3, 0.4) is 0 Å². The van der Waals surface area contributed by atoms with Crippen LogP contribution in [0.2, 0.25) is 0 Å². The first-order valence-electron chi connectivity index (χ1n) is 3.92. The van der Waals surface area contributed by atoms with Gasteiger partial charge in [0.25, 0.3) is 0 Å². The molecule has 0 saturated heterocycles. The lowest BCUT2D eigenvalue weighted by atomic mass is 10.3. The fraction of sp³-hybridized carbons (Fsp3) is 0.250. The van der Waals surface area contributed by atoms with Crippen LogP contribution in [0.1, 0.15) is 18.7 Å². The number of aliphatic hydroxyl groups excluding tert-OH is 1. The Hall–Kier alpha value is -1.62. The first-order chi connectivity index (χ1) is 6.27. The van der Waals surface area contributed by atoms with E-state index in [1.807, 2.05) is 0 Å². The second kappa shape index (κ2) is 3.02. The molecule has 1 radical (unpaired) electrons. The monoisotopic (exact) mass is 177 g/mol. The summed E-state index contributed by atoms with van der Waals surface area (Å²) >= 11 is 0. The Labute approximate surface area is 75.4 Å². The molecule has 1 aromatic rings. The first-order valence-corrected chi connectivity index (χ1v) is 3.92. The van der Waals surface area contributed by atoms with Crippen LogP contribution in [0.5, 0.6) is 0 Å². The summed E-state index contributed by atoms with van der Waals surface area (Å²) in [4.78, 5) is 4.01. The minimum Gasteiger partial charge on any atom is -0.372 e. The zero-order valence-corrected chi connectivity index (χ0v) is 7.12. The van der Waals surface area contributed by atoms with Crippen molar-refractivity contribution < 1.29 is 5.11 Å². The van der Waals surface area contributed by atoms with Gasteiger partial charge in [-0.15, -0.1) is 0 Å².